The highest BCUT2D eigenvalue weighted by Gasteiger charge is 2.30. The first-order valence-electron chi connectivity index (χ1n) is 5.48. The van der Waals surface area contributed by atoms with Crippen molar-refractivity contribution in [3.05, 3.63) is 24.0 Å². The van der Waals surface area contributed by atoms with Crippen LogP contribution in [0.5, 0.6) is 0 Å². The molecule has 1 aliphatic rings. The van der Waals surface area contributed by atoms with E-state index in [1.54, 1.807) is 6.07 Å². The molecule has 90 valence electrons. The van der Waals surface area contributed by atoms with Gasteiger partial charge in [-0.1, -0.05) is 12.8 Å². The Kier molecular flexibility index (Phi) is 3.32. The van der Waals surface area contributed by atoms with Gasteiger partial charge in [0.25, 0.3) is 5.91 Å². The van der Waals surface area contributed by atoms with E-state index in [-0.39, 0.29) is 5.69 Å². The number of hydrogen-bond acceptors (Lipinski definition) is 4. The van der Waals surface area contributed by atoms with Crippen LogP contribution in [0.25, 0.3) is 0 Å². The van der Waals surface area contributed by atoms with E-state index in [4.69, 9.17) is 5.11 Å². The second-order valence-electron chi connectivity index (χ2n) is 4.15. The maximum Gasteiger partial charge on any atom is 0.326 e. The summed E-state index contributed by atoms with van der Waals surface area (Å²) in [6, 6.07) is 2.24. The van der Waals surface area contributed by atoms with Crippen molar-refractivity contribution in [2.75, 3.05) is 0 Å². The molecular weight excluding hydrogens is 222 g/mol. The van der Waals surface area contributed by atoms with Crippen molar-refractivity contribution in [1.82, 2.24) is 15.5 Å². The highest BCUT2D eigenvalue weighted by molar-refractivity contribution is 5.94. The van der Waals surface area contributed by atoms with Crippen LogP contribution in [0.2, 0.25) is 0 Å². The molecule has 2 N–H and O–H groups in total. The van der Waals surface area contributed by atoms with Crippen molar-refractivity contribution >= 4 is 11.9 Å². The second-order valence-corrected chi connectivity index (χ2v) is 4.15. The van der Waals surface area contributed by atoms with Gasteiger partial charge in [0.15, 0.2) is 5.69 Å². The lowest BCUT2D eigenvalue weighted by atomic mass is 10.1. The molecule has 1 unspecified atom stereocenters. The molecule has 0 aromatic carbocycles. The molecule has 1 aliphatic carbocycles. The highest BCUT2D eigenvalue weighted by atomic mass is 16.4. The Hall–Kier alpha value is -1.98. The largest absolute Gasteiger partial charge is 0.480 e. The van der Waals surface area contributed by atoms with Crippen molar-refractivity contribution in [2.24, 2.45) is 5.92 Å². The number of rotatable bonds is 5. The highest BCUT2D eigenvalue weighted by Crippen LogP contribution is 2.33. The fourth-order valence-corrected chi connectivity index (χ4v) is 1.56. The van der Waals surface area contributed by atoms with Crippen molar-refractivity contribution in [3.8, 4) is 0 Å². The number of amides is 1. The Labute approximate surface area is 98.1 Å². The number of aliphatic carboxylic acids is 1. The Morgan fingerprint density at radius 3 is 2.82 bits per heavy atom. The lowest BCUT2D eigenvalue weighted by Gasteiger charge is -2.13. The quantitative estimate of drug-likeness (QED) is 0.773. The summed E-state index contributed by atoms with van der Waals surface area (Å²) in [4.78, 5) is 22.7. The number of carbonyl (C=O) groups excluding carboxylic acids is 1. The minimum absolute atomic E-state index is 0.134. The van der Waals surface area contributed by atoms with Crippen LogP contribution in [0, 0.1) is 5.92 Å². The first-order valence-corrected chi connectivity index (χ1v) is 5.48. The summed E-state index contributed by atoms with van der Waals surface area (Å²) >= 11 is 0. The molecule has 1 fully saturated rings. The van der Waals surface area contributed by atoms with Crippen molar-refractivity contribution in [3.63, 3.8) is 0 Å². The molecule has 0 saturated heterocycles. The van der Waals surface area contributed by atoms with Gasteiger partial charge in [-0.2, -0.15) is 5.10 Å². The zero-order valence-corrected chi connectivity index (χ0v) is 9.17. The average Bonchev–Trinajstić information content (AvgIpc) is 3.13. The molecule has 6 heteroatoms. The molecule has 1 aromatic rings. The maximum absolute atomic E-state index is 11.7. The minimum Gasteiger partial charge on any atom is -0.480 e. The van der Waals surface area contributed by atoms with E-state index >= 15 is 0 Å². The molecule has 0 bridgehead atoms. The lowest BCUT2D eigenvalue weighted by Crippen LogP contribution is -2.41. The predicted molar refractivity (Wildman–Crippen MR) is 58.3 cm³/mol. The van der Waals surface area contributed by atoms with Gasteiger partial charge < -0.3 is 10.4 Å². The number of nitrogens with one attached hydrogen (secondary N) is 1. The van der Waals surface area contributed by atoms with Crippen LogP contribution in [-0.2, 0) is 4.79 Å². The molecule has 2 rings (SSSR count). The van der Waals surface area contributed by atoms with Crippen LogP contribution in [0.3, 0.4) is 0 Å². The molecule has 6 nitrogen and oxygen atoms in total. The third-order valence-electron chi connectivity index (χ3n) is 2.67. The number of nitrogens with zero attached hydrogens (tertiary/aromatic N) is 2. The summed E-state index contributed by atoms with van der Waals surface area (Å²) < 4.78 is 0. The molecule has 1 aromatic heterocycles. The summed E-state index contributed by atoms with van der Waals surface area (Å²) in [7, 11) is 0. The smallest absolute Gasteiger partial charge is 0.326 e. The van der Waals surface area contributed by atoms with Gasteiger partial charge in [-0.3, -0.25) is 4.79 Å². The Bertz CT molecular complexity index is 417. The third-order valence-corrected chi connectivity index (χ3v) is 2.67. The second kappa shape index (κ2) is 4.90. The van der Waals surface area contributed by atoms with Gasteiger partial charge in [0.2, 0.25) is 0 Å². The SMILES string of the molecule is O=C(NC(CC1CC1)C(=O)O)c1cccnn1. The monoisotopic (exact) mass is 235 g/mol. The molecule has 0 radical (unpaired) electrons. The zero-order chi connectivity index (χ0) is 12.3. The average molecular weight is 235 g/mol. The van der Waals surface area contributed by atoms with Crippen molar-refractivity contribution in [2.45, 2.75) is 25.3 Å². The maximum atomic E-state index is 11.7. The standard InChI is InChI=1S/C11H13N3O3/c15-10(8-2-1-5-12-14-8)13-9(11(16)17)6-7-3-4-7/h1-2,5,7,9H,3-4,6H2,(H,13,15)(H,16,17). The Morgan fingerprint density at radius 2 is 2.29 bits per heavy atom. The number of aromatic nitrogens is 2. The van der Waals surface area contributed by atoms with Crippen LogP contribution in [0.1, 0.15) is 29.8 Å². The normalized spacial score (nSPS) is 16.2. The number of carboxylic acid groups (broad SMARTS) is 1. The van der Waals surface area contributed by atoms with Crippen molar-refractivity contribution < 1.29 is 14.7 Å². The minimum atomic E-state index is -1.01. The predicted octanol–water partition coefficient (Wildman–Crippen LogP) is 0.460. The van der Waals surface area contributed by atoms with Crippen LogP contribution >= 0.6 is 0 Å². The molecular formula is C11H13N3O3. The van der Waals surface area contributed by atoms with E-state index in [2.05, 4.69) is 15.5 Å². The topological polar surface area (TPSA) is 92.2 Å². The van der Waals surface area contributed by atoms with E-state index in [9.17, 15) is 9.59 Å². The van der Waals surface area contributed by atoms with Crippen LogP contribution in [-0.4, -0.2) is 33.2 Å². The molecule has 1 atom stereocenters. The molecule has 1 amide bonds. The van der Waals surface area contributed by atoms with Crippen molar-refractivity contribution in [1.29, 1.82) is 0 Å². The number of hydrogen-bond donors (Lipinski definition) is 2. The van der Waals surface area contributed by atoms with Gasteiger partial charge in [0.05, 0.1) is 0 Å². The van der Waals surface area contributed by atoms with E-state index in [1.165, 1.54) is 12.3 Å². The lowest BCUT2D eigenvalue weighted by molar-refractivity contribution is -0.139. The summed E-state index contributed by atoms with van der Waals surface area (Å²) in [5.74, 6) is -1.07. The summed E-state index contributed by atoms with van der Waals surface area (Å²) in [6.45, 7) is 0. The third kappa shape index (κ3) is 3.24. The van der Waals surface area contributed by atoms with Crippen LogP contribution < -0.4 is 5.32 Å². The van der Waals surface area contributed by atoms with Gasteiger partial charge in [0.1, 0.15) is 6.04 Å². The summed E-state index contributed by atoms with van der Waals surface area (Å²) in [5, 5.41) is 18.7. The van der Waals surface area contributed by atoms with Gasteiger partial charge >= 0.3 is 5.97 Å². The molecule has 0 aliphatic heterocycles. The first-order chi connectivity index (χ1) is 8.16. The van der Waals surface area contributed by atoms with E-state index < -0.39 is 17.9 Å². The molecule has 1 saturated carbocycles. The van der Waals surface area contributed by atoms with E-state index in [0.717, 1.165) is 12.8 Å². The summed E-state index contributed by atoms with van der Waals surface area (Å²) in [5.41, 5.74) is 0.134. The number of carbonyl (C=O) groups is 2. The molecule has 17 heavy (non-hydrogen) atoms. The van der Waals surface area contributed by atoms with E-state index in [1.807, 2.05) is 0 Å². The Morgan fingerprint density at radius 1 is 1.53 bits per heavy atom. The van der Waals surface area contributed by atoms with Gasteiger partial charge in [-0.25, -0.2) is 4.79 Å². The number of carboxylic acids is 1. The van der Waals surface area contributed by atoms with Crippen LogP contribution in [0.15, 0.2) is 18.3 Å². The fraction of sp³-hybridized carbons (Fsp3) is 0.455. The van der Waals surface area contributed by atoms with Gasteiger partial charge in [-0.05, 0) is 24.5 Å². The first kappa shape index (κ1) is 11.5. The fourth-order valence-electron chi connectivity index (χ4n) is 1.56. The van der Waals surface area contributed by atoms with E-state index in [0.29, 0.717) is 12.3 Å². The Balaban J connectivity index is 1.97. The zero-order valence-electron chi connectivity index (χ0n) is 9.17. The van der Waals surface area contributed by atoms with Crippen LogP contribution in [0.4, 0.5) is 0 Å². The summed E-state index contributed by atoms with van der Waals surface area (Å²) in [6.07, 6.45) is 4.03. The van der Waals surface area contributed by atoms with Gasteiger partial charge in [-0.15, -0.1) is 5.10 Å². The van der Waals surface area contributed by atoms with Gasteiger partial charge in [0, 0.05) is 6.20 Å². The molecule has 1 heterocycles. The molecule has 0 spiro atoms.